The fourth-order valence-electron chi connectivity index (χ4n) is 2.25. The molecule has 1 saturated heterocycles. The van der Waals surface area contributed by atoms with Gasteiger partial charge in [0.25, 0.3) is 0 Å². The molecule has 0 amide bonds. The molecule has 0 spiro atoms. The molecule has 0 saturated carbocycles. The van der Waals surface area contributed by atoms with E-state index in [2.05, 4.69) is 30.6 Å². The Morgan fingerprint density at radius 3 is 2.62 bits per heavy atom. The maximum atomic E-state index is 3.97. The zero-order chi connectivity index (χ0) is 11.8. The fourth-order valence-corrected chi connectivity index (χ4v) is 2.25. The Kier molecular flexibility index (Phi) is 6.74. The van der Waals surface area contributed by atoms with Crippen LogP contribution in [-0.4, -0.2) is 37.6 Å². The molecule has 1 heterocycles. The van der Waals surface area contributed by atoms with Crippen LogP contribution in [0.25, 0.3) is 0 Å². The normalized spacial score (nSPS) is 18.9. The molecule has 0 radical (unpaired) electrons. The van der Waals surface area contributed by atoms with Gasteiger partial charge in [0.2, 0.25) is 0 Å². The summed E-state index contributed by atoms with van der Waals surface area (Å²) in [6.45, 7) is 14.5. The van der Waals surface area contributed by atoms with E-state index in [-0.39, 0.29) is 0 Å². The lowest BCUT2D eigenvalue weighted by Crippen LogP contribution is -2.37. The molecule has 1 aliphatic heterocycles. The predicted molar refractivity (Wildman–Crippen MR) is 71.8 cm³/mol. The van der Waals surface area contributed by atoms with E-state index in [1.807, 2.05) is 0 Å². The second-order valence-corrected chi connectivity index (χ2v) is 5.20. The molecule has 0 aromatic rings. The molecule has 0 atom stereocenters. The zero-order valence-corrected chi connectivity index (χ0v) is 11.1. The van der Waals surface area contributed by atoms with Gasteiger partial charge in [-0.2, -0.15) is 0 Å². The van der Waals surface area contributed by atoms with E-state index in [1.54, 1.807) is 0 Å². The summed E-state index contributed by atoms with van der Waals surface area (Å²) in [6, 6.07) is 0. The van der Waals surface area contributed by atoms with E-state index in [0.29, 0.717) is 0 Å². The van der Waals surface area contributed by atoms with Crippen LogP contribution in [-0.2, 0) is 0 Å². The Balaban J connectivity index is 2.06. The molecule has 2 nitrogen and oxygen atoms in total. The molecule has 1 N–H and O–H groups in total. The van der Waals surface area contributed by atoms with Gasteiger partial charge in [-0.05, 0) is 64.7 Å². The summed E-state index contributed by atoms with van der Waals surface area (Å²) in [6.07, 6.45) is 5.15. The number of hydrogen-bond acceptors (Lipinski definition) is 2. The predicted octanol–water partition coefficient (Wildman–Crippen LogP) is 2.66. The molecule has 16 heavy (non-hydrogen) atoms. The Labute approximate surface area is 101 Å². The molecular formula is C14H28N2. The fraction of sp³-hybridized carbons (Fsp3) is 0.857. The first-order chi connectivity index (χ1) is 7.72. The highest BCUT2D eigenvalue weighted by atomic mass is 15.1. The second-order valence-electron chi connectivity index (χ2n) is 5.20. The van der Waals surface area contributed by atoms with Crippen LogP contribution < -0.4 is 5.32 Å². The first-order valence-electron chi connectivity index (χ1n) is 6.79. The quantitative estimate of drug-likeness (QED) is 0.528. The molecule has 0 aliphatic carbocycles. The summed E-state index contributed by atoms with van der Waals surface area (Å²) in [7, 11) is 0. The summed E-state index contributed by atoms with van der Waals surface area (Å²) in [5, 5.41) is 3.54. The molecule has 1 aliphatic rings. The van der Waals surface area contributed by atoms with Crippen LogP contribution >= 0.6 is 0 Å². The molecule has 2 heteroatoms. The molecule has 1 rings (SSSR count). The lowest BCUT2D eigenvalue weighted by molar-refractivity contribution is 0.184. The van der Waals surface area contributed by atoms with E-state index in [9.17, 15) is 0 Å². The van der Waals surface area contributed by atoms with Crippen molar-refractivity contribution in [3.05, 3.63) is 12.2 Å². The van der Waals surface area contributed by atoms with E-state index in [4.69, 9.17) is 0 Å². The molecule has 1 fully saturated rings. The Morgan fingerprint density at radius 1 is 1.38 bits per heavy atom. The molecule has 0 aromatic heterocycles. The minimum atomic E-state index is 0.910. The third-order valence-electron chi connectivity index (χ3n) is 3.42. The van der Waals surface area contributed by atoms with E-state index in [0.717, 1.165) is 5.92 Å². The van der Waals surface area contributed by atoms with Crippen molar-refractivity contribution in [3.63, 3.8) is 0 Å². The van der Waals surface area contributed by atoms with Crippen LogP contribution in [0, 0.1) is 5.92 Å². The number of rotatable bonds is 7. The van der Waals surface area contributed by atoms with Crippen LogP contribution in [0.1, 0.15) is 39.5 Å². The van der Waals surface area contributed by atoms with E-state index >= 15 is 0 Å². The first kappa shape index (κ1) is 13.7. The highest BCUT2D eigenvalue weighted by Gasteiger charge is 2.18. The molecule has 0 bridgehead atoms. The van der Waals surface area contributed by atoms with Crippen molar-refractivity contribution in [1.82, 2.24) is 10.2 Å². The Bertz CT molecular complexity index is 193. The van der Waals surface area contributed by atoms with Crippen LogP contribution in [0.3, 0.4) is 0 Å². The van der Waals surface area contributed by atoms with Crippen LogP contribution in [0.4, 0.5) is 0 Å². The summed E-state index contributed by atoms with van der Waals surface area (Å²) in [4.78, 5) is 2.59. The number of likely N-dealkylation sites (tertiary alicyclic amines) is 1. The van der Waals surface area contributed by atoms with Gasteiger partial charge in [0, 0.05) is 6.54 Å². The third kappa shape index (κ3) is 5.66. The van der Waals surface area contributed by atoms with Crippen LogP contribution in [0.15, 0.2) is 12.2 Å². The first-order valence-corrected chi connectivity index (χ1v) is 6.79. The van der Waals surface area contributed by atoms with Crippen molar-refractivity contribution in [1.29, 1.82) is 0 Å². The number of piperidine rings is 1. The van der Waals surface area contributed by atoms with Gasteiger partial charge < -0.3 is 10.2 Å². The number of nitrogens with zero attached hydrogens (tertiary/aromatic N) is 1. The van der Waals surface area contributed by atoms with Crippen molar-refractivity contribution >= 4 is 0 Å². The monoisotopic (exact) mass is 224 g/mol. The lowest BCUT2D eigenvalue weighted by atomic mass is 9.96. The van der Waals surface area contributed by atoms with Crippen LogP contribution in [0.2, 0.25) is 0 Å². The molecular weight excluding hydrogens is 196 g/mol. The maximum absolute atomic E-state index is 3.97. The number of nitrogens with one attached hydrogen (secondary N) is 1. The van der Waals surface area contributed by atoms with Gasteiger partial charge in [0.05, 0.1) is 0 Å². The van der Waals surface area contributed by atoms with Crippen LogP contribution in [0.5, 0.6) is 0 Å². The average Bonchev–Trinajstić information content (AvgIpc) is 2.28. The highest BCUT2D eigenvalue weighted by molar-refractivity contribution is 4.89. The number of hydrogen-bond donors (Lipinski definition) is 1. The smallest absolute Gasteiger partial charge is 0.00184 e. The summed E-state index contributed by atoms with van der Waals surface area (Å²) in [5.41, 5.74) is 1.31. The Hall–Kier alpha value is -0.340. The van der Waals surface area contributed by atoms with Crippen molar-refractivity contribution in [3.8, 4) is 0 Å². The minimum Gasteiger partial charge on any atom is -0.316 e. The standard InChI is InChI=1S/C14H28N2/c1-4-8-15-12-14-6-10-16(11-7-14)9-5-13(2)3/h14-15H,2,4-12H2,1,3H3. The summed E-state index contributed by atoms with van der Waals surface area (Å²) >= 11 is 0. The molecule has 94 valence electrons. The highest BCUT2D eigenvalue weighted by Crippen LogP contribution is 2.16. The lowest BCUT2D eigenvalue weighted by Gasteiger charge is -2.32. The maximum Gasteiger partial charge on any atom is 0.00184 e. The Morgan fingerprint density at radius 2 is 2.06 bits per heavy atom. The van der Waals surface area contributed by atoms with Gasteiger partial charge in [0.1, 0.15) is 0 Å². The third-order valence-corrected chi connectivity index (χ3v) is 3.42. The van der Waals surface area contributed by atoms with Crippen molar-refractivity contribution in [2.75, 3.05) is 32.7 Å². The van der Waals surface area contributed by atoms with Gasteiger partial charge in [0.15, 0.2) is 0 Å². The van der Waals surface area contributed by atoms with Gasteiger partial charge in [-0.3, -0.25) is 0 Å². The zero-order valence-electron chi connectivity index (χ0n) is 11.1. The van der Waals surface area contributed by atoms with E-state index < -0.39 is 0 Å². The summed E-state index contributed by atoms with van der Waals surface area (Å²) in [5.74, 6) is 0.910. The largest absolute Gasteiger partial charge is 0.316 e. The molecule has 0 aromatic carbocycles. The minimum absolute atomic E-state index is 0.910. The summed E-state index contributed by atoms with van der Waals surface area (Å²) < 4.78 is 0. The van der Waals surface area contributed by atoms with Crippen molar-refractivity contribution < 1.29 is 0 Å². The topological polar surface area (TPSA) is 15.3 Å². The average molecular weight is 224 g/mol. The van der Waals surface area contributed by atoms with Gasteiger partial charge in [-0.15, -0.1) is 6.58 Å². The van der Waals surface area contributed by atoms with Gasteiger partial charge in [-0.1, -0.05) is 12.5 Å². The van der Waals surface area contributed by atoms with Gasteiger partial charge >= 0.3 is 0 Å². The van der Waals surface area contributed by atoms with Gasteiger partial charge in [-0.25, -0.2) is 0 Å². The molecule has 0 unspecified atom stereocenters. The van der Waals surface area contributed by atoms with E-state index in [1.165, 1.54) is 64.0 Å². The van der Waals surface area contributed by atoms with Crippen molar-refractivity contribution in [2.24, 2.45) is 5.92 Å². The SMILES string of the molecule is C=C(C)CCN1CCC(CNCCC)CC1. The van der Waals surface area contributed by atoms with Crippen molar-refractivity contribution in [2.45, 2.75) is 39.5 Å². The second kappa shape index (κ2) is 7.86.